The first-order chi connectivity index (χ1) is 11.9. The molecule has 0 spiro atoms. The van der Waals surface area contributed by atoms with E-state index in [2.05, 4.69) is 0 Å². The van der Waals surface area contributed by atoms with E-state index in [0.29, 0.717) is 16.7 Å². The van der Waals surface area contributed by atoms with Gasteiger partial charge in [0.05, 0.1) is 11.1 Å². The second-order valence-corrected chi connectivity index (χ2v) is 5.53. The molecule has 3 aromatic carbocycles. The molecular weight excluding hydrogens is 327 g/mol. The summed E-state index contributed by atoms with van der Waals surface area (Å²) >= 11 is 0. The van der Waals surface area contributed by atoms with Crippen LogP contribution in [-0.2, 0) is 6.18 Å². The third-order valence-electron chi connectivity index (χ3n) is 3.92. The number of amides is 1. The van der Waals surface area contributed by atoms with Crippen molar-refractivity contribution in [3.8, 4) is 22.3 Å². The van der Waals surface area contributed by atoms with Gasteiger partial charge < -0.3 is 5.73 Å². The van der Waals surface area contributed by atoms with Crippen LogP contribution >= 0.6 is 0 Å². The fourth-order valence-electron chi connectivity index (χ4n) is 2.76. The number of hydrogen-bond acceptors (Lipinski definition) is 1. The maximum absolute atomic E-state index is 12.7. The lowest BCUT2D eigenvalue weighted by atomic mass is 9.91. The SMILES string of the molecule is NC(=O)c1c(-c2ccccc2)cccc1-c1ccc(C(F)(F)F)cc1. The van der Waals surface area contributed by atoms with Gasteiger partial charge in [0.15, 0.2) is 0 Å². The van der Waals surface area contributed by atoms with Gasteiger partial charge in [0, 0.05) is 0 Å². The van der Waals surface area contributed by atoms with Gasteiger partial charge >= 0.3 is 6.18 Å². The molecule has 0 aliphatic rings. The van der Waals surface area contributed by atoms with E-state index in [4.69, 9.17) is 5.73 Å². The first-order valence-electron chi connectivity index (χ1n) is 7.54. The standard InChI is InChI=1S/C20H14F3NO/c21-20(22,23)15-11-9-14(10-12-15)17-8-4-7-16(18(17)19(24)25)13-5-2-1-3-6-13/h1-12H,(H2,24,25). The molecule has 3 rings (SSSR count). The third kappa shape index (κ3) is 3.40. The van der Waals surface area contributed by atoms with E-state index in [1.807, 2.05) is 30.3 Å². The molecule has 0 aliphatic carbocycles. The molecule has 2 N–H and O–H groups in total. The molecule has 3 aromatic rings. The number of nitrogens with two attached hydrogens (primary N) is 1. The Morgan fingerprint density at radius 1 is 0.720 bits per heavy atom. The highest BCUT2D eigenvalue weighted by molar-refractivity contribution is 6.06. The van der Waals surface area contributed by atoms with Gasteiger partial charge in [-0.2, -0.15) is 13.2 Å². The maximum atomic E-state index is 12.7. The lowest BCUT2D eigenvalue weighted by Gasteiger charge is -2.14. The highest BCUT2D eigenvalue weighted by Gasteiger charge is 2.30. The van der Waals surface area contributed by atoms with Crippen LogP contribution in [0.5, 0.6) is 0 Å². The van der Waals surface area contributed by atoms with Crippen molar-refractivity contribution < 1.29 is 18.0 Å². The average molecular weight is 341 g/mol. The van der Waals surface area contributed by atoms with Crippen molar-refractivity contribution in [2.24, 2.45) is 5.73 Å². The van der Waals surface area contributed by atoms with E-state index in [1.54, 1.807) is 18.2 Å². The van der Waals surface area contributed by atoms with Crippen LogP contribution in [0.25, 0.3) is 22.3 Å². The average Bonchev–Trinajstić information content (AvgIpc) is 2.61. The molecular formula is C20H14F3NO. The lowest BCUT2D eigenvalue weighted by molar-refractivity contribution is -0.137. The maximum Gasteiger partial charge on any atom is 0.416 e. The largest absolute Gasteiger partial charge is 0.416 e. The zero-order valence-corrected chi connectivity index (χ0v) is 13.0. The summed E-state index contributed by atoms with van der Waals surface area (Å²) in [4.78, 5) is 12.1. The van der Waals surface area contributed by atoms with Crippen LogP contribution < -0.4 is 5.73 Å². The molecule has 0 saturated carbocycles. The minimum atomic E-state index is -4.41. The molecule has 0 bridgehead atoms. The van der Waals surface area contributed by atoms with Gasteiger partial charge in [-0.1, -0.05) is 60.7 Å². The molecule has 0 radical (unpaired) electrons. The van der Waals surface area contributed by atoms with Crippen LogP contribution in [-0.4, -0.2) is 5.91 Å². The highest BCUT2D eigenvalue weighted by Crippen LogP contribution is 2.34. The Morgan fingerprint density at radius 2 is 1.24 bits per heavy atom. The molecule has 5 heteroatoms. The van der Waals surface area contributed by atoms with Crippen LogP contribution in [0.2, 0.25) is 0 Å². The molecule has 126 valence electrons. The van der Waals surface area contributed by atoms with Crippen molar-refractivity contribution in [2.75, 3.05) is 0 Å². The Hall–Kier alpha value is -3.08. The van der Waals surface area contributed by atoms with Crippen molar-refractivity contribution in [1.82, 2.24) is 0 Å². The van der Waals surface area contributed by atoms with Crippen molar-refractivity contribution in [3.63, 3.8) is 0 Å². The summed E-state index contributed by atoms with van der Waals surface area (Å²) in [6, 6.07) is 19.1. The summed E-state index contributed by atoms with van der Waals surface area (Å²) in [5, 5.41) is 0. The zero-order chi connectivity index (χ0) is 18.0. The number of halogens is 3. The molecule has 0 atom stereocenters. The number of carbonyl (C=O) groups excluding carboxylic acids is 1. The molecule has 0 aliphatic heterocycles. The predicted molar refractivity (Wildman–Crippen MR) is 90.8 cm³/mol. The summed E-state index contributed by atoms with van der Waals surface area (Å²) in [6.07, 6.45) is -4.41. The van der Waals surface area contributed by atoms with E-state index in [1.165, 1.54) is 12.1 Å². The Balaban J connectivity index is 2.16. The Labute approximate surface area is 142 Å². The summed E-state index contributed by atoms with van der Waals surface area (Å²) in [5.41, 5.74) is 7.57. The van der Waals surface area contributed by atoms with Crippen molar-refractivity contribution in [2.45, 2.75) is 6.18 Å². The summed E-state index contributed by atoms with van der Waals surface area (Å²) in [5.74, 6) is -0.630. The van der Waals surface area contributed by atoms with E-state index in [0.717, 1.165) is 17.7 Å². The number of primary amides is 1. The highest BCUT2D eigenvalue weighted by atomic mass is 19.4. The van der Waals surface area contributed by atoms with E-state index in [-0.39, 0.29) is 5.56 Å². The van der Waals surface area contributed by atoms with Gasteiger partial charge in [0.25, 0.3) is 0 Å². The number of hydrogen-bond donors (Lipinski definition) is 1. The molecule has 1 amide bonds. The Kier molecular flexibility index (Phi) is 4.31. The molecule has 2 nitrogen and oxygen atoms in total. The van der Waals surface area contributed by atoms with Crippen molar-refractivity contribution >= 4 is 5.91 Å². The van der Waals surface area contributed by atoms with E-state index < -0.39 is 17.6 Å². The van der Waals surface area contributed by atoms with Gasteiger partial charge in [0.1, 0.15) is 0 Å². The number of rotatable bonds is 3. The summed E-state index contributed by atoms with van der Waals surface area (Å²) in [7, 11) is 0. The van der Waals surface area contributed by atoms with Crippen LogP contribution in [0, 0.1) is 0 Å². The minimum absolute atomic E-state index is 0.286. The number of carbonyl (C=O) groups is 1. The molecule has 0 fully saturated rings. The first kappa shape index (κ1) is 16.8. The molecule has 0 saturated heterocycles. The molecule has 0 heterocycles. The second kappa shape index (κ2) is 6.43. The quantitative estimate of drug-likeness (QED) is 0.704. The number of alkyl halides is 3. The fourth-order valence-corrected chi connectivity index (χ4v) is 2.76. The van der Waals surface area contributed by atoms with Gasteiger partial charge in [0.2, 0.25) is 5.91 Å². The van der Waals surface area contributed by atoms with Crippen LogP contribution in [0.15, 0.2) is 72.8 Å². The van der Waals surface area contributed by atoms with Gasteiger partial charge in [-0.3, -0.25) is 4.79 Å². The van der Waals surface area contributed by atoms with Crippen LogP contribution in [0.4, 0.5) is 13.2 Å². The normalized spacial score (nSPS) is 11.3. The monoisotopic (exact) mass is 341 g/mol. The summed E-state index contributed by atoms with van der Waals surface area (Å²) in [6.45, 7) is 0. The first-order valence-corrected chi connectivity index (χ1v) is 7.54. The zero-order valence-electron chi connectivity index (χ0n) is 13.0. The second-order valence-electron chi connectivity index (χ2n) is 5.53. The predicted octanol–water partition coefficient (Wildman–Crippen LogP) is 5.14. The lowest BCUT2D eigenvalue weighted by Crippen LogP contribution is -2.14. The van der Waals surface area contributed by atoms with Gasteiger partial charge in [-0.25, -0.2) is 0 Å². The van der Waals surface area contributed by atoms with Crippen LogP contribution in [0.1, 0.15) is 15.9 Å². The van der Waals surface area contributed by atoms with Crippen LogP contribution in [0.3, 0.4) is 0 Å². The third-order valence-corrected chi connectivity index (χ3v) is 3.92. The molecule has 0 unspecified atom stereocenters. The van der Waals surface area contributed by atoms with Crippen molar-refractivity contribution in [1.29, 1.82) is 0 Å². The Morgan fingerprint density at radius 3 is 1.72 bits per heavy atom. The molecule has 25 heavy (non-hydrogen) atoms. The van der Waals surface area contributed by atoms with Gasteiger partial charge in [-0.15, -0.1) is 0 Å². The van der Waals surface area contributed by atoms with E-state index >= 15 is 0 Å². The van der Waals surface area contributed by atoms with Gasteiger partial charge in [-0.05, 0) is 34.4 Å². The molecule has 0 aromatic heterocycles. The topological polar surface area (TPSA) is 43.1 Å². The van der Waals surface area contributed by atoms with Crippen molar-refractivity contribution in [3.05, 3.63) is 83.9 Å². The number of benzene rings is 3. The van der Waals surface area contributed by atoms with E-state index in [9.17, 15) is 18.0 Å². The fraction of sp³-hybridized carbons (Fsp3) is 0.0500. The summed E-state index contributed by atoms with van der Waals surface area (Å²) < 4.78 is 38.2. The smallest absolute Gasteiger partial charge is 0.366 e. The Bertz CT molecular complexity index is 900. The minimum Gasteiger partial charge on any atom is -0.366 e.